The third-order valence-electron chi connectivity index (χ3n) is 7.23. The molecule has 0 spiro atoms. The Kier molecular flexibility index (Phi) is 26.7. The molecule has 0 aliphatic carbocycles. The van der Waals surface area contributed by atoms with Crippen LogP contribution in [0.5, 0.6) is 0 Å². The Labute approximate surface area is 288 Å². The van der Waals surface area contributed by atoms with Crippen LogP contribution in [0.3, 0.4) is 0 Å². The van der Waals surface area contributed by atoms with Gasteiger partial charge in [0.25, 0.3) is 0 Å². The zero-order valence-corrected chi connectivity index (χ0v) is 29.2. The molecule has 1 amide bonds. The summed E-state index contributed by atoms with van der Waals surface area (Å²) in [4.78, 5) is 76.4. The van der Waals surface area contributed by atoms with Crippen molar-refractivity contribution >= 4 is 35.6 Å². The molecule has 18 nitrogen and oxygen atoms in total. The molecule has 1 aliphatic heterocycles. The molecular formula is C31H57N5O13. The van der Waals surface area contributed by atoms with Gasteiger partial charge in [-0.3, -0.25) is 48.4 Å². The van der Waals surface area contributed by atoms with E-state index < -0.39 is 29.9 Å². The predicted octanol–water partition coefficient (Wildman–Crippen LogP) is -1.13. The maximum atomic E-state index is 12.5. The van der Waals surface area contributed by atoms with E-state index in [0.717, 1.165) is 0 Å². The van der Waals surface area contributed by atoms with Crippen molar-refractivity contribution in [3.05, 3.63) is 0 Å². The van der Waals surface area contributed by atoms with E-state index in [9.17, 15) is 49.2 Å². The number of carboxylic acid groups (broad SMARTS) is 4. The number of nitrogens with zero attached hydrogens (tertiary/aromatic N) is 4. The van der Waals surface area contributed by atoms with E-state index in [4.69, 9.17) is 14.2 Å². The Morgan fingerprint density at radius 1 is 0.592 bits per heavy atom. The van der Waals surface area contributed by atoms with Gasteiger partial charge < -0.3 is 40.0 Å². The van der Waals surface area contributed by atoms with E-state index in [0.29, 0.717) is 39.5 Å². The number of carbonyl (C=O) groups is 6. The van der Waals surface area contributed by atoms with Crippen LogP contribution in [0.4, 0.5) is 0 Å². The number of hydrogen-bond donors (Lipinski definition) is 5. The monoisotopic (exact) mass is 707 g/mol. The SMILES string of the molecule is CC.CC(=O)CCOCCOCCOCCNC(=O)CCC(C(=O)O)N1CCN(CC(=O)O)CCN(CC(=O)O)CCN(CC(=O)O)CC1. The summed E-state index contributed by atoms with van der Waals surface area (Å²) in [6, 6.07) is -1.09. The highest BCUT2D eigenvalue weighted by molar-refractivity contribution is 5.78. The molecule has 0 saturated carbocycles. The molecule has 1 rings (SSSR count). The fraction of sp³-hybridized carbons (Fsp3) is 0.806. The van der Waals surface area contributed by atoms with Gasteiger partial charge in [0, 0.05) is 71.7 Å². The van der Waals surface area contributed by atoms with Crippen LogP contribution in [0.25, 0.3) is 0 Å². The number of ketones is 1. The molecule has 284 valence electrons. The average Bonchev–Trinajstić information content (AvgIpc) is 3.02. The third kappa shape index (κ3) is 25.4. The van der Waals surface area contributed by atoms with Gasteiger partial charge in [0.1, 0.15) is 11.8 Å². The minimum absolute atomic E-state index is 0.0331. The van der Waals surface area contributed by atoms with E-state index in [2.05, 4.69) is 5.32 Å². The third-order valence-corrected chi connectivity index (χ3v) is 7.23. The summed E-state index contributed by atoms with van der Waals surface area (Å²) in [7, 11) is 0. The molecule has 0 aromatic carbocycles. The fourth-order valence-electron chi connectivity index (χ4n) is 4.75. The van der Waals surface area contributed by atoms with Gasteiger partial charge in [-0.05, 0) is 13.3 Å². The van der Waals surface area contributed by atoms with Crippen LogP contribution < -0.4 is 5.32 Å². The Morgan fingerprint density at radius 2 is 0.980 bits per heavy atom. The number of carbonyl (C=O) groups excluding carboxylic acids is 2. The summed E-state index contributed by atoms with van der Waals surface area (Å²) in [5, 5.41) is 40.8. The molecule has 5 N–H and O–H groups in total. The van der Waals surface area contributed by atoms with E-state index in [1.807, 2.05) is 13.8 Å². The Balaban J connectivity index is 0.0000113. The zero-order valence-electron chi connectivity index (χ0n) is 29.2. The summed E-state index contributed by atoms with van der Waals surface area (Å²) in [5.41, 5.74) is 0. The first-order valence-electron chi connectivity index (χ1n) is 16.7. The Hall–Kier alpha value is -3.26. The molecule has 1 fully saturated rings. The minimum Gasteiger partial charge on any atom is -0.480 e. The van der Waals surface area contributed by atoms with Crippen LogP contribution in [0, 0.1) is 0 Å². The van der Waals surface area contributed by atoms with Crippen molar-refractivity contribution in [2.45, 2.75) is 46.1 Å². The normalized spacial score (nSPS) is 16.3. The molecule has 0 aromatic heterocycles. The van der Waals surface area contributed by atoms with Crippen LogP contribution in [-0.4, -0.2) is 200 Å². The molecule has 0 radical (unpaired) electrons. The van der Waals surface area contributed by atoms with Crippen molar-refractivity contribution < 1.29 is 63.4 Å². The van der Waals surface area contributed by atoms with Crippen LogP contribution in [0.2, 0.25) is 0 Å². The van der Waals surface area contributed by atoms with Crippen molar-refractivity contribution in [2.24, 2.45) is 0 Å². The molecule has 1 unspecified atom stereocenters. The Morgan fingerprint density at radius 3 is 1.37 bits per heavy atom. The molecular weight excluding hydrogens is 650 g/mol. The molecule has 1 heterocycles. The highest BCUT2D eigenvalue weighted by Crippen LogP contribution is 2.11. The van der Waals surface area contributed by atoms with Crippen LogP contribution in [-0.2, 0) is 43.0 Å². The fourth-order valence-corrected chi connectivity index (χ4v) is 4.75. The topological polar surface area (TPSA) is 236 Å². The average molecular weight is 708 g/mol. The summed E-state index contributed by atoms with van der Waals surface area (Å²) < 4.78 is 16.0. The van der Waals surface area contributed by atoms with Gasteiger partial charge in [0.2, 0.25) is 5.91 Å². The number of nitrogens with one attached hydrogen (secondary N) is 1. The second kappa shape index (κ2) is 28.6. The van der Waals surface area contributed by atoms with Gasteiger partial charge in [-0.25, -0.2) is 0 Å². The molecule has 0 bridgehead atoms. The van der Waals surface area contributed by atoms with Gasteiger partial charge in [-0.15, -0.1) is 0 Å². The maximum Gasteiger partial charge on any atom is 0.320 e. The van der Waals surface area contributed by atoms with E-state index >= 15 is 0 Å². The lowest BCUT2D eigenvalue weighted by molar-refractivity contribution is -0.145. The second-order valence-electron chi connectivity index (χ2n) is 11.1. The lowest BCUT2D eigenvalue weighted by Crippen LogP contribution is -2.52. The second-order valence-corrected chi connectivity index (χ2v) is 11.1. The number of hydrogen-bond acceptors (Lipinski definition) is 13. The van der Waals surface area contributed by atoms with Crippen LogP contribution >= 0.6 is 0 Å². The first-order valence-corrected chi connectivity index (χ1v) is 16.7. The molecule has 1 aliphatic rings. The lowest BCUT2D eigenvalue weighted by atomic mass is 10.1. The highest BCUT2D eigenvalue weighted by Gasteiger charge is 2.28. The van der Waals surface area contributed by atoms with Crippen LogP contribution in [0.1, 0.15) is 40.0 Å². The molecule has 49 heavy (non-hydrogen) atoms. The predicted molar refractivity (Wildman–Crippen MR) is 177 cm³/mol. The van der Waals surface area contributed by atoms with E-state index in [1.54, 1.807) is 19.6 Å². The smallest absolute Gasteiger partial charge is 0.320 e. The molecule has 18 heteroatoms. The van der Waals surface area contributed by atoms with Crippen molar-refractivity contribution in [3.8, 4) is 0 Å². The number of Topliss-reactive ketones (excluding diaryl/α,β-unsaturated/α-hetero) is 1. The largest absolute Gasteiger partial charge is 0.480 e. The first-order chi connectivity index (χ1) is 23.4. The standard InChI is InChI=1S/C29H51N5O13.C2H6/c1-23(35)4-14-45-16-18-47-19-17-46-15-5-30-25(36)3-2-24(29(43)44)34-12-10-32(21-27(39)40)8-6-31(20-26(37)38)7-9-33(11-13-34)22-28(41)42;1-2/h24H,2-22H2,1H3,(H,30,36)(H,37,38)(H,39,40)(H,41,42)(H,43,44);1-2H3. The highest BCUT2D eigenvalue weighted by atomic mass is 16.5. The number of amides is 1. The summed E-state index contributed by atoms with van der Waals surface area (Å²) in [6.45, 7) is 8.13. The zero-order chi connectivity index (χ0) is 37.0. The Bertz CT molecular complexity index is 956. The van der Waals surface area contributed by atoms with Gasteiger partial charge >= 0.3 is 23.9 Å². The van der Waals surface area contributed by atoms with Crippen molar-refractivity contribution in [2.75, 3.05) is 118 Å². The maximum absolute atomic E-state index is 12.5. The van der Waals surface area contributed by atoms with E-state index in [1.165, 1.54) is 6.92 Å². The van der Waals surface area contributed by atoms with Crippen molar-refractivity contribution in [1.82, 2.24) is 24.9 Å². The molecule has 1 saturated heterocycles. The van der Waals surface area contributed by atoms with Crippen molar-refractivity contribution in [3.63, 3.8) is 0 Å². The molecule has 0 aromatic rings. The number of aliphatic carboxylic acids is 4. The van der Waals surface area contributed by atoms with Gasteiger partial charge in [-0.1, -0.05) is 13.8 Å². The quantitative estimate of drug-likeness (QED) is 0.0790. The number of carboxylic acids is 4. The summed E-state index contributed by atoms with van der Waals surface area (Å²) >= 11 is 0. The number of ether oxygens (including phenoxy) is 3. The lowest BCUT2D eigenvalue weighted by Gasteiger charge is -2.35. The molecule has 1 atom stereocenters. The van der Waals surface area contributed by atoms with Gasteiger partial charge in [0.15, 0.2) is 0 Å². The summed E-state index contributed by atoms with van der Waals surface area (Å²) in [6.07, 6.45) is 0.235. The minimum atomic E-state index is -1.17. The van der Waals surface area contributed by atoms with Crippen molar-refractivity contribution in [1.29, 1.82) is 0 Å². The summed E-state index contributed by atoms with van der Waals surface area (Å²) in [5.74, 6) is -4.72. The first kappa shape index (κ1) is 45.7. The van der Waals surface area contributed by atoms with Gasteiger partial charge in [0.05, 0.1) is 59.3 Å². The number of rotatable bonds is 23. The van der Waals surface area contributed by atoms with E-state index in [-0.39, 0.29) is 110 Å². The van der Waals surface area contributed by atoms with Gasteiger partial charge in [-0.2, -0.15) is 0 Å². The van der Waals surface area contributed by atoms with Crippen LogP contribution in [0.15, 0.2) is 0 Å².